The Bertz CT molecular complexity index is 835. The van der Waals surface area contributed by atoms with Gasteiger partial charge in [0.1, 0.15) is 5.75 Å². The number of carbonyl (C=O) groups is 2. The molecule has 0 fully saturated rings. The molecule has 0 radical (unpaired) electrons. The molecule has 150 valence electrons. The van der Waals surface area contributed by atoms with Crippen LogP contribution in [0.1, 0.15) is 16.7 Å². The summed E-state index contributed by atoms with van der Waals surface area (Å²) in [5, 5.41) is 5.52. The summed E-state index contributed by atoms with van der Waals surface area (Å²) in [5.74, 6) is 0.304. The number of carbonyl (C=O) groups excluding carboxylic acids is 2. The van der Waals surface area contributed by atoms with Gasteiger partial charge in [-0.2, -0.15) is 0 Å². The van der Waals surface area contributed by atoms with E-state index in [1.807, 2.05) is 62.2 Å². The van der Waals surface area contributed by atoms with Crippen LogP contribution in [-0.2, 0) is 16.1 Å². The first-order valence-corrected chi connectivity index (χ1v) is 9.73. The number of para-hydroxylation sites is 1. The summed E-state index contributed by atoms with van der Waals surface area (Å²) >= 11 is 3.45. The number of aryl methyl sites for hydroxylation is 2. The second-order valence-electron chi connectivity index (χ2n) is 6.72. The van der Waals surface area contributed by atoms with Crippen LogP contribution in [0.15, 0.2) is 40.9 Å². The van der Waals surface area contributed by atoms with Crippen LogP contribution >= 0.6 is 15.9 Å². The van der Waals surface area contributed by atoms with Crippen molar-refractivity contribution in [2.45, 2.75) is 20.4 Å². The molecule has 2 aromatic carbocycles. The number of anilines is 1. The number of hydrogen-bond acceptors (Lipinski definition) is 4. The van der Waals surface area contributed by atoms with Crippen molar-refractivity contribution in [1.29, 1.82) is 0 Å². The van der Waals surface area contributed by atoms with E-state index in [1.54, 1.807) is 7.11 Å². The molecular weight excluding hydrogens is 422 g/mol. The molecule has 0 saturated carbocycles. The fourth-order valence-electron chi connectivity index (χ4n) is 2.89. The fourth-order valence-corrected chi connectivity index (χ4v) is 3.30. The normalized spacial score (nSPS) is 10.6. The predicted octanol–water partition coefficient (Wildman–Crippen LogP) is 3.26. The number of nitrogens with one attached hydrogen (secondary N) is 2. The number of methoxy groups -OCH3 is 1. The third kappa shape index (κ3) is 6.35. The number of hydrogen-bond donors (Lipinski definition) is 2. The molecule has 0 saturated heterocycles. The van der Waals surface area contributed by atoms with Crippen molar-refractivity contribution in [3.05, 3.63) is 57.6 Å². The van der Waals surface area contributed by atoms with Crippen LogP contribution in [0.5, 0.6) is 5.75 Å². The van der Waals surface area contributed by atoms with Crippen molar-refractivity contribution in [3.8, 4) is 5.75 Å². The standard InChI is InChI=1S/C21H26BrN3O3/c1-14-6-5-7-15(2)21(14)24-19(26)11-23-20(27)13-25(3)12-16-10-17(22)8-9-18(16)28-4/h5-10H,11-13H2,1-4H3,(H,23,27)(H,24,26). The Kier molecular flexibility index (Phi) is 8.02. The van der Waals surface area contributed by atoms with Crippen LogP contribution in [0.2, 0.25) is 0 Å². The summed E-state index contributed by atoms with van der Waals surface area (Å²) in [6, 6.07) is 11.6. The van der Waals surface area contributed by atoms with E-state index < -0.39 is 0 Å². The molecule has 2 amide bonds. The Hall–Kier alpha value is -2.38. The van der Waals surface area contributed by atoms with Crippen LogP contribution in [0.4, 0.5) is 5.69 Å². The van der Waals surface area contributed by atoms with Crippen LogP contribution in [0, 0.1) is 13.8 Å². The number of rotatable bonds is 8. The predicted molar refractivity (Wildman–Crippen MR) is 115 cm³/mol. The van der Waals surface area contributed by atoms with Crippen LogP contribution in [0.3, 0.4) is 0 Å². The van der Waals surface area contributed by atoms with Crippen molar-refractivity contribution in [2.75, 3.05) is 32.6 Å². The summed E-state index contributed by atoms with van der Waals surface area (Å²) in [7, 11) is 3.46. The van der Waals surface area contributed by atoms with Gasteiger partial charge in [0, 0.05) is 22.3 Å². The highest BCUT2D eigenvalue weighted by Gasteiger charge is 2.13. The average molecular weight is 448 g/mol. The summed E-state index contributed by atoms with van der Waals surface area (Å²) in [6.45, 7) is 4.52. The van der Waals surface area contributed by atoms with Gasteiger partial charge in [0.2, 0.25) is 11.8 Å². The first-order valence-electron chi connectivity index (χ1n) is 8.94. The van der Waals surface area contributed by atoms with Crippen LogP contribution < -0.4 is 15.4 Å². The first kappa shape index (κ1) is 21.9. The van der Waals surface area contributed by atoms with Crippen LogP contribution in [-0.4, -0.2) is 44.0 Å². The van der Waals surface area contributed by atoms with Gasteiger partial charge in [-0.25, -0.2) is 0 Å². The van der Waals surface area contributed by atoms with E-state index in [1.165, 1.54) is 0 Å². The summed E-state index contributed by atoms with van der Waals surface area (Å²) in [5.41, 5.74) is 3.74. The van der Waals surface area contributed by atoms with E-state index in [4.69, 9.17) is 4.74 Å². The van der Waals surface area contributed by atoms with E-state index in [0.29, 0.717) is 6.54 Å². The van der Waals surface area contributed by atoms with Gasteiger partial charge in [0.25, 0.3) is 0 Å². The molecule has 6 nitrogen and oxygen atoms in total. The monoisotopic (exact) mass is 447 g/mol. The maximum atomic E-state index is 12.2. The van der Waals surface area contributed by atoms with Crippen LogP contribution in [0.25, 0.3) is 0 Å². The molecule has 2 aromatic rings. The SMILES string of the molecule is COc1ccc(Br)cc1CN(C)CC(=O)NCC(=O)Nc1c(C)cccc1C. The summed E-state index contributed by atoms with van der Waals surface area (Å²) in [4.78, 5) is 26.2. The third-order valence-corrected chi connectivity index (χ3v) is 4.78. The first-order chi connectivity index (χ1) is 13.3. The Morgan fingerprint density at radius 1 is 1.11 bits per heavy atom. The zero-order chi connectivity index (χ0) is 20.7. The second-order valence-corrected chi connectivity index (χ2v) is 7.64. The minimum absolute atomic E-state index is 0.0688. The smallest absolute Gasteiger partial charge is 0.243 e. The lowest BCUT2D eigenvalue weighted by Crippen LogP contribution is -2.39. The van der Waals surface area contributed by atoms with Crippen molar-refractivity contribution in [1.82, 2.24) is 10.2 Å². The lowest BCUT2D eigenvalue weighted by Gasteiger charge is -2.18. The van der Waals surface area contributed by atoms with Gasteiger partial charge in [0.15, 0.2) is 0 Å². The average Bonchev–Trinajstić information content (AvgIpc) is 2.63. The number of likely N-dealkylation sites (N-methyl/N-ethyl adjacent to an activating group) is 1. The van der Waals surface area contributed by atoms with Crippen molar-refractivity contribution in [2.24, 2.45) is 0 Å². The molecule has 2 N–H and O–H groups in total. The molecule has 28 heavy (non-hydrogen) atoms. The zero-order valence-electron chi connectivity index (χ0n) is 16.6. The van der Waals surface area contributed by atoms with Crippen molar-refractivity contribution in [3.63, 3.8) is 0 Å². The summed E-state index contributed by atoms with van der Waals surface area (Å²) < 4.78 is 6.31. The third-order valence-electron chi connectivity index (χ3n) is 4.29. The molecule has 0 aliphatic rings. The van der Waals surface area contributed by atoms with Crippen molar-refractivity contribution < 1.29 is 14.3 Å². The highest BCUT2D eigenvalue weighted by atomic mass is 79.9. The number of nitrogens with zero attached hydrogens (tertiary/aromatic N) is 1. The number of halogens is 1. The highest BCUT2D eigenvalue weighted by molar-refractivity contribution is 9.10. The van der Waals surface area contributed by atoms with Gasteiger partial charge in [-0.05, 0) is 50.2 Å². The van der Waals surface area contributed by atoms with Crippen molar-refractivity contribution >= 4 is 33.4 Å². The molecule has 0 aliphatic carbocycles. The van der Waals surface area contributed by atoms with E-state index in [0.717, 1.165) is 32.6 Å². The minimum Gasteiger partial charge on any atom is -0.496 e. The Balaban J connectivity index is 1.83. The van der Waals surface area contributed by atoms with E-state index in [-0.39, 0.29) is 24.9 Å². The lowest BCUT2D eigenvalue weighted by molar-refractivity contribution is -0.124. The van der Waals surface area contributed by atoms with E-state index in [2.05, 4.69) is 26.6 Å². The molecule has 2 rings (SSSR count). The maximum Gasteiger partial charge on any atom is 0.243 e. The molecule has 0 unspecified atom stereocenters. The Morgan fingerprint density at radius 2 is 1.79 bits per heavy atom. The van der Waals surface area contributed by atoms with E-state index >= 15 is 0 Å². The van der Waals surface area contributed by atoms with E-state index in [9.17, 15) is 9.59 Å². The molecule has 0 aliphatic heterocycles. The summed E-state index contributed by atoms with van der Waals surface area (Å²) in [6.07, 6.45) is 0. The largest absolute Gasteiger partial charge is 0.496 e. The van der Waals surface area contributed by atoms with Gasteiger partial charge < -0.3 is 15.4 Å². The quantitative estimate of drug-likeness (QED) is 0.651. The second kappa shape index (κ2) is 10.2. The van der Waals surface area contributed by atoms with Gasteiger partial charge in [-0.1, -0.05) is 34.1 Å². The Morgan fingerprint density at radius 3 is 2.43 bits per heavy atom. The number of amides is 2. The molecular formula is C21H26BrN3O3. The highest BCUT2D eigenvalue weighted by Crippen LogP contribution is 2.24. The fraction of sp³-hybridized carbons (Fsp3) is 0.333. The zero-order valence-corrected chi connectivity index (χ0v) is 18.2. The van der Waals surface area contributed by atoms with Gasteiger partial charge >= 0.3 is 0 Å². The minimum atomic E-state index is -0.248. The lowest BCUT2D eigenvalue weighted by atomic mass is 10.1. The van der Waals surface area contributed by atoms with Gasteiger partial charge in [-0.15, -0.1) is 0 Å². The maximum absolute atomic E-state index is 12.2. The van der Waals surface area contributed by atoms with Gasteiger partial charge in [-0.3, -0.25) is 14.5 Å². The molecule has 7 heteroatoms. The molecule has 0 spiro atoms. The molecule has 0 atom stereocenters. The molecule has 0 heterocycles. The number of benzene rings is 2. The van der Waals surface area contributed by atoms with Gasteiger partial charge in [0.05, 0.1) is 20.2 Å². The molecule has 0 bridgehead atoms. The number of ether oxygens (including phenoxy) is 1. The topological polar surface area (TPSA) is 70.7 Å². The Labute approximate surface area is 174 Å². The molecule has 0 aromatic heterocycles.